The number of anilines is 1. The average Bonchev–Trinajstić information content (AvgIpc) is 2.46. The van der Waals surface area contributed by atoms with Gasteiger partial charge in [0.25, 0.3) is 5.69 Å². The third-order valence-corrected chi connectivity index (χ3v) is 4.27. The lowest BCUT2D eigenvalue weighted by molar-refractivity contribution is -0.384. The molecule has 118 valence electrons. The summed E-state index contributed by atoms with van der Waals surface area (Å²) < 4.78 is 0. The second-order valence-electron chi connectivity index (χ2n) is 5.03. The number of rotatable bonds is 9. The van der Waals surface area contributed by atoms with Crippen molar-refractivity contribution in [2.24, 2.45) is 0 Å². The topological polar surface area (TPSA) is 58.4 Å². The molecule has 1 unspecified atom stereocenters. The smallest absolute Gasteiger partial charge is 0.292 e. The normalized spacial score (nSPS) is 12.4. The van der Waals surface area contributed by atoms with Gasteiger partial charge in [0.15, 0.2) is 0 Å². The van der Waals surface area contributed by atoms with E-state index in [0.29, 0.717) is 24.8 Å². The van der Waals surface area contributed by atoms with Gasteiger partial charge < -0.3 is 5.32 Å². The van der Waals surface area contributed by atoms with Crippen molar-refractivity contribution in [2.75, 3.05) is 30.9 Å². The standard InChI is InChI=1S/C15H25N3O2S/c1-5-13(11-21-4)17(3)10-12-8-7-9-14(18(19)20)15(12)16-6-2/h7-9,13,16H,5-6,10-11H2,1-4H3. The number of hydrogen-bond acceptors (Lipinski definition) is 5. The molecule has 0 aliphatic rings. The first-order valence-corrected chi connectivity index (χ1v) is 8.63. The maximum absolute atomic E-state index is 11.2. The first kappa shape index (κ1) is 17.8. The van der Waals surface area contributed by atoms with E-state index in [1.807, 2.05) is 24.8 Å². The number of thioether (sulfide) groups is 1. The Morgan fingerprint density at radius 2 is 2.14 bits per heavy atom. The zero-order chi connectivity index (χ0) is 15.8. The third-order valence-electron chi connectivity index (χ3n) is 3.55. The molecule has 1 N–H and O–H groups in total. The predicted octanol–water partition coefficient (Wildman–Crippen LogP) is 3.60. The van der Waals surface area contributed by atoms with E-state index >= 15 is 0 Å². The molecule has 5 nitrogen and oxygen atoms in total. The molecule has 0 aliphatic carbocycles. The molecular formula is C15H25N3O2S. The Hall–Kier alpha value is -1.27. The van der Waals surface area contributed by atoms with Crippen molar-refractivity contribution < 1.29 is 4.92 Å². The lowest BCUT2D eigenvalue weighted by Gasteiger charge is -2.27. The van der Waals surface area contributed by atoms with Gasteiger partial charge in [-0.1, -0.05) is 19.1 Å². The van der Waals surface area contributed by atoms with Gasteiger partial charge in [-0.15, -0.1) is 0 Å². The van der Waals surface area contributed by atoms with Gasteiger partial charge in [0.05, 0.1) is 4.92 Å². The maximum atomic E-state index is 11.2. The molecule has 0 spiro atoms. The highest BCUT2D eigenvalue weighted by atomic mass is 32.2. The van der Waals surface area contributed by atoms with E-state index in [9.17, 15) is 10.1 Å². The van der Waals surface area contributed by atoms with E-state index in [-0.39, 0.29) is 10.6 Å². The molecule has 0 saturated carbocycles. The van der Waals surface area contributed by atoms with Gasteiger partial charge in [-0.25, -0.2) is 0 Å². The fourth-order valence-electron chi connectivity index (χ4n) is 2.40. The Bertz CT molecular complexity index is 468. The fourth-order valence-corrected chi connectivity index (χ4v) is 3.27. The highest BCUT2D eigenvalue weighted by molar-refractivity contribution is 7.98. The van der Waals surface area contributed by atoms with E-state index in [4.69, 9.17) is 0 Å². The van der Waals surface area contributed by atoms with E-state index in [1.165, 1.54) is 0 Å². The lowest BCUT2D eigenvalue weighted by Crippen LogP contribution is -2.33. The summed E-state index contributed by atoms with van der Waals surface area (Å²) in [6.07, 6.45) is 3.18. The second kappa shape index (κ2) is 8.89. The van der Waals surface area contributed by atoms with Crippen LogP contribution in [0.25, 0.3) is 0 Å². The van der Waals surface area contributed by atoms with E-state index in [1.54, 1.807) is 12.1 Å². The third kappa shape index (κ3) is 4.89. The molecule has 1 aromatic carbocycles. The van der Waals surface area contributed by atoms with Crippen LogP contribution < -0.4 is 5.32 Å². The van der Waals surface area contributed by atoms with Crippen LogP contribution in [0.1, 0.15) is 25.8 Å². The molecular weight excluding hydrogens is 286 g/mol. The van der Waals surface area contributed by atoms with Gasteiger partial charge in [0, 0.05) is 31.0 Å². The largest absolute Gasteiger partial charge is 0.380 e. The van der Waals surface area contributed by atoms with Crippen LogP contribution in [0.15, 0.2) is 18.2 Å². The number of para-hydroxylation sites is 1. The van der Waals surface area contributed by atoms with Gasteiger partial charge in [0.2, 0.25) is 0 Å². The van der Waals surface area contributed by atoms with Gasteiger partial charge >= 0.3 is 0 Å². The number of nitrogens with zero attached hydrogens (tertiary/aromatic N) is 2. The zero-order valence-corrected chi connectivity index (χ0v) is 14.1. The molecule has 6 heteroatoms. The molecule has 1 rings (SSSR count). The van der Waals surface area contributed by atoms with Gasteiger partial charge in [-0.3, -0.25) is 15.0 Å². The summed E-state index contributed by atoms with van der Waals surface area (Å²) in [5, 5.41) is 14.3. The summed E-state index contributed by atoms with van der Waals surface area (Å²) >= 11 is 1.83. The van der Waals surface area contributed by atoms with Crippen molar-refractivity contribution >= 4 is 23.1 Å². The van der Waals surface area contributed by atoms with E-state index in [0.717, 1.165) is 17.7 Å². The molecule has 21 heavy (non-hydrogen) atoms. The minimum absolute atomic E-state index is 0.153. The minimum Gasteiger partial charge on any atom is -0.380 e. The van der Waals surface area contributed by atoms with Crippen LogP contribution in [0.2, 0.25) is 0 Å². The van der Waals surface area contributed by atoms with Crippen molar-refractivity contribution in [3.05, 3.63) is 33.9 Å². The molecule has 0 aromatic heterocycles. The highest BCUT2D eigenvalue weighted by Crippen LogP contribution is 2.29. The Balaban J connectivity index is 3.01. The first-order chi connectivity index (χ1) is 10.0. The quantitative estimate of drug-likeness (QED) is 0.558. The molecule has 1 aromatic rings. The Kier molecular flexibility index (Phi) is 7.53. The van der Waals surface area contributed by atoms with Crippen molar-refractivity contribution in [1.29, 1.82) is 0 Å². The first-order valence-electron chi connectivity index (χ1n) is 7.24. The van der Waals surface area contributed by atoms with E-state index < -0.39 is 0 Å². The van der Waals surface area contributed by atoms with Crippen LogP contribution in [-0.4, -0.2) is 41.5 Å². The number of nitrogens with one attached hydrogen (secondary N) is 1. The Labute approximate surface area is 131 Å². The molecule has 0 heterocycles. The predicted molar refractivity (Wildman–Crippen MR) is 91.2 cm³/mol. The SMILES string of the molecule is CCNc1c(CN(C)C(CC)CSC)cccc1[N+](=O)[O-]. The monoisotopic (exact) mass is 311 g/mol. The molecule has 0 radical (unpaired) electrons. The van der Waals surface area contributed by atoms with Crippen LogP contribution in [0.3, 0.4) is 0 Å². The van der Waals surface area contributed by atoms with Crippen molar-refractivity contribution in [1.82, 2.24) is 4.90 Å². The van der Waals surface area contributed by atoms with Crippen LogP contribution >= 0.6 is 11.8 Å². The number of nitro benzene ring substituents is 1. The number of nitro groups is 1. The highest BCUT2D eigenvalue weighted by Gasteiger charge is 2.19. The lowest BCUT2D eigenvalue weighted by atomic mass is 10.1. The number of benzene rings is 1. The van der Waals surface area contributed by atoms with Crippen molar-refractivity contribution in [2.45, 2.75) is 32.9 Å². The van der Waals surface area contributed by atoms with Crippen LogP contribution in [-0.2, 0) is 6.54 Å². The molecule has 1 atom stereocenters. The van der Waals surface area contributed by atoms with Gasteiger partial charge in [-0.2, -0.15) is 11.8 Å². The summed E-state index contributed by atoms with van der Waals surface area (Å²) in [4.78, 5) is 13.1. The maximum Gasteiger partial charge on any atom is 0.292 e. The molecule has 0 amide bonds. The van der Waals surface area contributed by atoms with Crippen LogP contribution in [0.5, 0.6) is 0 Å². The summed E-state index contributed by atoms with van der Waals surface area (Å²) in [5.41, 5.74) is 1.78. The summed E-state index contributed by atoms with van der Waals surface area (Å²) in [7, 11) is 2.08. The van der Waals surface area contributed by atoms with Crippen molar-refractivity contribution in [3.63, 3.8) is 0 Å². The molecule has 0 fully saturated rings. The molecule has 0 saturated heterocycles. The average molecular weight is 311 g/mol. The summed E-state index contributed by atoms with van der Waals surface area (Å²) in [6, 6.07) is 5.76. The van der Waals surface area contributed by atoms with Gasteiger partial charge in [-0.05, 0) is 32.2 Å². The van der Waals surface area contributed by atoms with Crippen LogP contribution in [0, 0.1) is 10.1 Å². The Morgan fingerprint density at radius 1 is 1.43 bits per heavy atom. The number of hydrogen-bond donors (Lipinski definition) is 1. The Morgan fingerprint density at radius 3 is 2.67 bits per heavy atom. The molecule has 0 bridgehead atoms. The van der Waals surface area contributed by atoms with Crippen LogP contribution in [0.4, 0.5) is 11.4 Å². The van der Waals surface area contributed by atoms with Gasteiger partial charge in [0.1, 0.15) is 5.69 Å². The minimum atomic E-state index is -0.319. The summed E-state index contributed by atoms with van der Waals surface area (Å²) in [6.45, 7) is 5.51. The molecule has 0 aliphatic heterocycles. The zero-order valence-electron chi connectivity index (χ0n) is 13.3. The van der Waals surface area contributed by atoms with E-state index in [2.05, 4.69) is 30.4 Å². The van der Waals surface area contributed by atoms with Crippen molar-refractivity contribution in [3.8, 4) is 0 Å². The summed E-state index contributed by atoms with van der Waals surface area (Å²) in [5.74, 6) is 1.07. The second-order valence-corrected chi connectivity index (χ2v) is 5.94. The fraction of sp³-hybridized carbons (Fsp3) is 0.600.